The number of anilines is 1. The summed E-state index contributed by atoms with van der Waals surface area (Å²) in [7, 11) is 0. The van der Waals surface area contributed by atoms with Gasteiger partial charge in [-0.2, -0.15) is 0 Å². The van der Waals surface area contributed by atoms with E-state index in [4.69, 9.17) is 9.47 Å². The van der Waals surface area contributed by atoms with Crippen LogP contribution in [0, 0.1) is 0 Å². The smallest absolute Gasteiger partial charge is 0.226 e. The Kier molecular flexibility index (Phi) is 9.11. The number of thiazole rings is 1. The van der Waals surface area contributed by atoms with Gasteiger partial charge in [0, 0.05) is 17.4 Å². The average molecular weight is 501 g/mol. The summed E-state index contributed by atoms with van der Waals surface area (Å²) in [4.78, 5) is 17.2. The molecule has 0 spiro atoms. The number of carbonyl (C=O) groups is 1. The van der Waals surface area contributed by atoms with Gasteiger partial charge < -0.3 is 14.8 Å². The van der Waals surface area contributed by atoms with Gasteiger partial charge in [-0.15, -0.1) is 11.3 Å². The monoisotopic (exact) mass is 500 g/mol. The van der Waals surface area contributed by atoms with Crippen molar-refractivity contribution in [3.63, 3.8) is 0 Å². The Hall–Kier alpha value is -3.64. The van der Waals surface area contributed by atoms with E-state index in [1.54, 1.807) is 0 Å². The van der Waals surface area contributed by atoms with Gasteiger partial charge >= 0.3 is 0 Å². The lowest BCUT2D eigenvalue weighted by molar-refractivity contribution is -0.116. The van der Waals surface area contributed by atoms with E-state index in [2.05, 4.69) is 53.6 Å². The van der Waals surface area contributed by atoms with Crippen molar-refractivity contribution in [3.05, 3.63) is 83.7 Å². The first-order valence-electron chi connectivity index (χ1n) is 12.5. The van der Waals surface area contributed by atoms with Crippen LogP contribution < -0.4 is 14.8 Å². The number of aromatic nitrogens is 1. The van der Waals surface area contributed by atoms with Crippen LogP contribution in [0.25, 0.3) is 22.4 Å². The molecule has 5 nitrogen and oxygen atoms in total. The van der Waals surface area contributed by atoms with E-state index >= 15 is 0 Å². The first kappa shape index (κ1) is 25.5. The molecule has 4 rings (SSSR count). The molecule has 0 aliphatic carbocycles. The number of benzene rings is 3. The van der Waals surface area contributed by atoms with Crippen LogP contribution in [0.4, 0.5) is 5.13 Å². The highest BCUT2D eigenvalue weighted by atomic mass is 32.1. The van der Waals surface area contributed by atoms with E-state index in [9.17, 15) is 4.79 Å². The van der Waals surface area contributed by atoms with Crippen molar-refractivity contribution < 1.29 is 14.3 Å². The normalized spacial score (nSPS) is 10.7. The lowest BCUT2D eigenvalue weighted by Gasteiger charge is -2.13. The van der Waals surface area contributed by atoms with Crippen molar-refractivity contribution >= 4 is 22.4 Å². The van der Waals surface area contributed by atoms with Crippen LogP contribution in [0.15, 0.2) is 78.2 Å². The Morgan fingerprint density at radius 2 is 1.64 bits per heavy atom. The largest absolute Gasteiger partial charge is 0.490 e. The number of carbonyl (C=O) groups excluding carboxylic acids is 1. The molecule has 0 unspecified atom stereocenters. The number of amides is 1. The lowest BCUT2D eigenvalue weighted by Crippen LogP contribution is -2.12. The molecular weight excluding hydrogens is 468 g/mol. The minimum Gasteiger partial charge on any atom is -0.490 e. The van der Waals surface area contributed by atoms with E-state index in [1.165, 1.54) is 16.9 Å². The summed E-state index contributed by atoms with van der Waals surface area (Å²) in [5, 5.41) is 5.52. The molecule has 0 saturated heterocycles. The average Bonchev–Trinajstić information content (AvgIpc) is 3.38. The molecule has 3 aromatic carbocycles. The number of aryl methyl sites for hydroxylation is 1. The second-order valence-electron chi connectivity index (χ2n) is 8.45. The van der Waals surface area contributed by atoms with E-state index in [-0.39, 0.29) is 5.91 Å². The van der Waals surface area contributed by atoms with Gasteiger partial charge in [0.1, 0.15) is 0 Å². The highest BCUT2D eigenvalue weighted by molar-refractivity contribution is 7.14. The Bertz CT molecular complexity index is 1250. The molecule has 1 amide bonds. The minimum atomic E-state index is -0.0587. The van der Waals surface area contributed by atoms with Crippen LogP contribution >= 0.6 is 11.3 Å². The molecule has 0 aliphatic rings. The molecule has 0 atom stereocenters. The predicted octanol–water partition coefficient (Wildman–Crippen LogP) is 7.63. The third-order valence-electron chi connectivity index (χ3n) is 5.74. The number of ether oxygens (including phenoxy) is 2. The predicted molar refractivity (Wildman–Crippen MR) is 148 cm³/mol. The summed E-state index contributed by atoms with van der Waals surface area (Å²) in [6, 6.07) is 24.5. The topological polar surface area (TPSA) is 60.5 Å². The van der Waals surface area contributed by atoms with E-state index in [1.807, 2.05) is 48.7 Å². The highest BCUT2D eigenvalue weighted by Crippen LogP contribution is 2.30. The molecule has 36 heavy (non-hydrogen) atoms. The van der Waals surface area contributed by atoms with Crippen LogP contribution in [-0.4, -0.2) is 24.1 Å². The van der Waals surface area contributed by atoms with Gasteiger partial charge in [0.25, 0.3) is 0 Å². The molecule has 0 aliphatic heterocycles. The Balaban J connectivity index is 1.32. The van der Waals surface area contributed by atoms with E-state index < -0.39 is 0 Å². The minimum absolute atomic E-state index is 0.0587. The zero-order chi connectivity index (χ0) is 25.2. The molecule has 0 fully saturated rings. The first-order valence-corrected chi connectivity index (χ1v) is 13.3. The zero-order valence-corrected chi connectivity index (χ0v) is 21.6. The summed E-state index contributed by atoms with van der Waals surface area (Å²) >= 11 is 1.44. The number of unbranched alkanes of at least 4 members (excludes halogenated alkanes) is 1. The maximum Gasteiger partial charge on any atom is 0.226 e. The maximum atomic E-state index is 12.6. The standard InChI is InChI=1S/C30H32N2O3S/c1-3-5-19-35-27-17-11-22(20-28(27)34-4-2)12-18-29(33)32-30-31-26(21-36-30)25-15-13-24(14-16-25)23-9-7-6-8-10-23/h6-11,13-17,20-21H,3-5,12,18-19H2,1-2H3,(H,31,32,33). The fourth-order valence-corrected chi connectivity index (χ4v) is 4.53. The number of rotatable bonds is 12. The van der Waals surface area contributed by atoms with E-state index in [0.29, 0.717) is 31.2 Å². The quantitative estimate of drug-likeness (QED) is 0.203. The van der Waals surface area contributed by atoms with Crippen molar-refractivity contribution in [2.24, 2.45) is 0 Å². The molecule has 1 aromatic heterocycles. The number of hydrogen-bond donors (Lipinski definition) is 1. The van der Waals surface area contributed by atoms with Crippen molar-refractivity contribution in [1.82, 2.24) is 4.98 Å². The van der Waals surface area contributed by atoms with Crippen molar-refractivity contribution in [3.8, 4) is 33.9 Å². The second-order valence-corrected chi connectivity index (χ2v) is 9.30. The summed E-state index contributed by atoms with van der Waals surface area (Å²) in [5.74, 6) is 1.43. The molecule has 186 valence electrons. The fraction of sp³-hybridized carbons (Fsp3) is 0.267. The zero-order valence-electron chi connectivity index (χ0n) is 20.8. The molecule has 0 saturated carbocycles. The Morgan fingerprint density at radius 1 is 0.889 bits per heavy atom. The van der Waals surface area contributed by atoms with Gasteiger partial charge in [-0.25, -0.2) is 4.98 Å². The van der Waals surface area contributed by atoms with Crippen LogP contribution in [0.1, 0.15) is 38.7 Å². The Morgan fingerprint density at radius 3 is 2.39 bits per heavy atom. The van der Waals surface area contributed by atoms with Gasteiger partial charge in [0.05, 0.1) is 18.9 Å². The first-order chi connectivity index (χ1) is 17.7. The number of nitrogens with zero attached hydrogens (tertiary/aromatic N) is 1. The van der Waals surface area contributed by atoms with Crippen molar-refractivity contribution in [2.75, 3.05) is 18.5 Å². The van der Waals surface area contributed by atoms with Crippen molar-refractivity contribution in [1.29, 1.82) is 0 Å². The molecule has 0 radical (unpaired) electrons. The number of nitrogens with one attached hydrogen (secondary N) is 1. The third kappa shape index (κ3) is 6.95. The van der Waals surface area contributed by atoms with Crippen molar-refractivity contribution in [2.45, 2.75) is 39.5 Å². The van der Waals surface area contributed by atoms with E-state index in [0.717, 1.165) is 46.7 Å². The SMILES string of the molecule is CCCCOc1ccc(CCC(=O)Nc2nc(-c3ccc(-c4ccccc4)cc3)cs2)cc1OCC. The van der Waals surface area contributed by atoms with Gasteiger partial charge in [0.15, 0.2) is 16.6 Å². The van der Waals surface area contributed by atoms with Crippen LogP contribution in [0.5, 0.6) is 11.5 Å². The summed E-state index contributed by atoms with van der Waals surface area (Å²) in [6.07, 6.45) is 3.06. The highest BCUT2D eigenvalue weighted by Gasteiger charge is 2.11. The fourth-order valence-electron chi connectivity index (χ4n) is 3.79. The molecule has 0 bridgehead atoms. The lowest BCUT2D eigenvalue weighted by atomic mass is 10.0. The molecule has 4 aromatic rings. The number of hydrogen-bond acceptors (Lipinski definition) is 5. The Labute approximate surface area is 217 Å². The summed E-state index contributed by atoms with van der Waals surface area (Å²) in [6.45, 7) is 5.33. The maximum absolute atomic E-state index is 12.6. The molecular formula is C30H32N2O3S. The van der Waals surface area contributed by atoms with Gasteiger partial charge in [0.2, 0.25) is 5.91 Å². The van der Waals surface area contributed by atoms with Gasteiger partial charge in [-0.3, -0.25) is 4.79 Å². The van der Waals surface area contributed by atoms with Crippen LogP contribution in [0.2, 0.25) is 0 Å². The van der Waals surface area contributed by atoms with Crippen LogP contribution in [-0.2, 0) is 11.2 Å². The van der Waals surface area contributed by atoms with Crippen LogP contribution in [0.3, 0.4) is 0 Å². The summed E-state index contributed by atoms with van der Waals surface area (Å²) in [5.41, 5.74) is 5.26. The third-order valence-corrected chi connectivity index (χ3v) is 6.50. The molecule has 6 heteroatoms. The molecule has 1 heterocycles. The van der Waals surface area contributed by atoms with Gasteiger partial charge in [-0.05, 0) is 48.6 Å². The second kappa shape index (κ2) is 12.9. The molecule has 1 N–H and O–H groups in total. The van der Waals surface area contributed by atoms with Gasteiger partial charge in [-0.1, -0.05) is 74.0 Å². The summed E-state index contributed by atoms with van der Waals surface area (Å²) < 4.78 is 11.6.